The van der Waals surface area contributed by atoms with Crippen LogP contribution in [0.3, 0.4) is 0 Å². The number of ketones is 1. The SMILES string of the molecule is CC(=O)c1cccc(Nc2nc(-n3nc(C)cc3C)nc(C)c2Br)c1. The molecule has 1 aromatic carbocycles. The van der Waals surface area contributed by atoms with Crippen LogP contribution in [0.15, 0.2) is 34.8 Å². The van der Waals surface area contributed by atoms with Crippen LogP contribution in [0, 0.1) is 20.8 Å². The van der Waals surface area contributed by atoms with Gasteiger partial charge in [-0.2, -0.15) is 10.1 Å². The van der Waals surface area contributed by atoms with Crippen LogP contribution in [0.1, 0.15) is 34.4 Å². The second-order valence-electron chi connectivity index (χ2n) is 5.87. The Bertz CT molecular complexity index is 964. The topological polar surface area (TPSA) is 72.7 Å². The molecule has 2 heterocycles. The third-order valence-electron chi connectivity index (χ3n) is 3.74. The molecule has 0 aliphatic carbocycles. The van der Waals surface area contributed by atoms with E-state index in [2.05, 4.69) is 36.3 Å². The van der Waals surface area contributed by atoms with Gasteiger partial charge in [-0.05, 0) is 61.8 Å². The molecule has 3 aromatic rings. The van der Waals surface area contributed by atoms with Crippen molar-refractivity contribution in [3.05, 3.63) is 57.4 Å². The number of benzene rings is 1. The van der Waals surface area contributed by atoms with Crippen molar-refractivity contribution < 1.29 is 4.79 Å². The van der Waals surface area contributed by atoms with E-state index in [-0.39, 0.29) is 5.78 Å². The van der Waals surface area contributed by atoms with Crippen LogP contribution in [0.25, 0.3) is 5.95 Å². The predicted molar refractivity (Wildman–Crippen MR) is 101 cm³/mol. The molecule has 0 spiro atoms. The van der Waals surface area contributed by atoms with E-state index in [1.54, 1.807) is 23.7 Å². The Hall–Kier alpha value is -2.54. The molecule has 2 aromatic heterocycles. The maximum absolute atomic E-state index is 11.6. The number of aromatic nitrogens is 4. The lowest BCUT2D eigenvalue weighted by atomic mass is 10.1. The summed E-state index contributed by atoms with van der Waals surface area (Å²) < 4.78 is 2.48. The number of aryl methyl sites for hydroxylation is 3. The first-order chi connectivity index (χ1) is 11.8. The Balaban J connectivity index is 2.03. The molecule has 0 unspecified atom stereocenters. The molecule has 0 amide bonds. The number of carbonyl (C=O) groups excluding carboxylic acids is 1. The predicted octanol–water partition coefficient (Wildman–Crippen LogP) is 4.30. The van der Waals surface area contributed by atoms with Crippen molar-refractivity contribution in [2.24, 2.45) is 0 Å². The summed E-state index contributed by atoms with van der Waals surface area (Å²) in [5.41, 5.74) is 4.09. The fourth-order valence-corrected chi connectivity index (χ4v) is 2.78. The monoisotopic (exact) mass is 399 g/mol. The molecule has 0 bridgehead atoms. The highest BCUT2D eigenvalue weighted by atomic mass is 79.9. The van der Waals surface area contributed by atoms with Gasteiger partial charge >= 0.3 is 0 Å². The third-order valence-corrected chi connectivity index (χ3v) is 4.69. The molecule has 128 valence electrons. The number of rotatable bonds is 4. The second kappa shape index (κ2) is 6.76. The van der Waals surface area contributed by atoms with E-state index in [9.17, 15) is 4.79 Å². The molecule has 0 saturated heterocycles. The van der Waals surface area contributed by atoms with Crippen LogP contribution >= 0.6 is 15.9 Å². The van der Waals surface area contributed by atoms with Gasteiger partial charge in [-0.15, -0.1) is 0 Å². The molecule has 3 rings (SSSR count). The van der Waals surface area contributed by atoms with Crippen LogP contribution in [0.4, 0.5) is 11.5 Å². The van der Waals surface area contributed by atoms with Gasteiger partial charge in [-0.25, -0.2) is 9.67 Å². The summed E-state index contributed by atoms with van der Waals surface area (Å²) in [6, 6.07) is 9.29. The quantitative estimate of drug-likeness (QED) is 0.662. The normalized spacial score (nSPS) is 10.8. The van der Waals surface area contributed by atoms with Crippen molar-refractivity contribution in [3.63, 3.8) is 0 Å². The number of nitrogens with one attached hydrogen (secondary N) is 1. The lowest BCUT2D eigenvalue weighted by molar-refractivity contribution is 0.101. The Morgan fingerprint density at radius 2 is 1.92 bits per heavy atom. The highest BCUT2D eigenvalue weighted by Gasteiger charge is 2.14. The van der Waals surface area contributed by atoms with Crippen LogP contribution in [0.2, 0.25) is 0 Å². The van der Waals surface area contributed by atoms with E-state index in [1.165, 1.54) is 0 Å². The van der Waals surface area contributed by atoms with Gasteiger partial charge in [0.2, 0.25) is 0 Å². The van der Waals surface area contributed by atoms with Gasteiger partial charge in [0.25, 0.3) is 5.95 Å². The van der Waals surface area contributed by atoms with Gasteiger partial charge in [0.05, 0.1) is 15.9 Å². The highest BCUT2D eigenvalue weighted by molar-refractivity contribution is 9.10. The zero-order valence-corrected chi connectivity index (χ0v) is 16.0. The van der Waals surface area contributed by atoms with E-state index in [4.69, 9.17) is 0 Å². The van der Waals surface area contributed by atoms with Gasteiger partial charge in [0.1, 0.15) is 0 Å². The number of anilines is 2. The zero-order valence-electron chi connectivity index (χ0n) is 14.5. The maximum Gasteiger partial charge on any atom is 0.253 e. The van der Waals surface area contributed by atoms with Crippen LogP contribution in [-0.2, 0) is 0 Å². The summed E-state index contributed by atoms with van der Waals surface area (Å²) in [7, 11) is 0. The molecule has 7 heteroatoms. The van der Waals surface area contributed by atoms with Gasteiger partial charge in [-0.1, -0.05) is 12.1 Å². The molecule has 0 saturated carbocycles. The van der Waals surface area contributed by atoms with Gasteiger partial charge in [0.15, 0.2) is 11.6 Å². The molecular weight excluding hydrogens is 382 g/mol. The van der Waals surface area contributed by atoms with Crippen molar-refractivity contribution in [2.75, 3.05) is 5.32 Å². The number of nitrogens with zero attached hydrogens (tertiary/aromatic N) is 4. The summed E-state index contributed by atoms with van der Waals surface area (Å²) in [5, 5.41) is 7.69. The summed E-state index contributed by atoms with van der Waals surface area (Å²) in [4.78, 5) is 20.7. The number of halogens is 1. The molecular formula is C18H18BrN5O. The minimum Gasteiger partial charge on any atom is -0.339 e. The van der Waals surface area contributed by atoms with Gasteiger partial charge in [-0.3, -0.25) is 4.79 Å². The van der Waals surface area contributed by atoms with E-state index < -0.39 is 0 Å². The van der Waals surface area contributed by atoms with E-state index in [0.29, 0.717) is 17.3 Å². The van der Waals surface area contributed by atoms with E-state index in [0.717, 1.165) is 27.2 Å². The molecule has 25 heavy (non-hydrogen) atoms. The highest BCUT2D eigenvalue weighted by Crippen LogP contribution is 2.27. The Kier molecular flexibility index (Phi) is 4.67. The number of carbonyl (C=O) groups is 1. The summed E-state index contributed by atoms with van der Waals surface area (Å²) in [6.45, 7) is 7.34. The Morgan fingerprint density at radius 3 is 2.56 bits per heavy atom. The van der Waals surface area contributed by atoms with Crippen molar-refractivity contribution in [2.45, 2.75) is 27.7 Å². The molecule has 6 nitrogen and oxygen atoms in total. The first-order valence-corrected chi connectivity index (χ1v) is 8.60. The van der Waals surface area contributed by atoms with E-state index >= 15 is 0 Å². The summed E-state index contributed by atoms with van der Waals surface area (Å²) in [6.07, 6.45) is 0. The van der Waals surface area contributed by atoms with Crippen molar-refractivity contribution in [1.29, 1.82) is 0 Å². The van der Waals surface area contributed by atoms with Crippen LogP contribution < -0.4 is 5.32 Å². The first-order valence-electron chi connectivity index (χ1n) is 7.81. The van der Waals surface area contributed by atoms with Crippen molar-refractivity contribution >= 4 is 33.2 Å². The molecule has 1 N–H and O–H groups in total. The fraction of sp³-hybridized carbons (Fsp3) is 0.222. The average molecular weight is 400 g/mol. The fourth-order valence-electron chi connectivity index (χ4n) is 2.51. The van der Waals surface area contributed by atoms with Crippen molar-refractivity contribution in [3.8, 4) is 5.95 Å². The smallest absolute Gasteiger partial charge is 0.253 e. The molecule has 0 atom stereocenters. The molecule has 0 aliphatic rings. The minimum absolute atomic E-state index is 0.0184. The standard InChI is InChI=1S/C18H18BrN5O/c1-10-8-11(2)24(23-10)18-20-12(3)16(19)17(22-18)21-15-7-5-6-14(9-15)13(4)25/h5-9H,1-4H3,(H,20,21,22). The zero-order chi connectivity index (χ0) is 18.1. The molecule has 0 radical (unpaired) electrons. The van der Waals surface area contributed by atoms with Gasteiger partial charge in [0, 0.05) is 16.9 Å². The number of hydrogen-bond donors (Lipinski definition) is 1. The van der Waals surface area contributed by atoms with E-state index in [1.807, 2.05) is 39.0 Å². The lowest BCUT2D eigenvalue weighted by Gasteiger charge is -2.12. The number of hydrogen-bond acceptors (Lipinski definition) is 5. The lowest BCUT2D eigenvalue weighted by Crippen LogP contribution is -2.09. The first kappa shape index (κ1) is 17.3. The Labute approximate surface area is 154 Å². The minimum atomic E-state index is 0.0184. The summed E-state index contributed by atoms with van der Waals surface area (Å²) in [5.74, 6) is 1.14. The number of Topliss-reactive ketones (excluding diaryl/α,β-unsaturated/α-hetero) is 1. The van der Waals surface area contributed by atoms with Crippen LogP contribution in [-0.4, -0.2) is 25.5 Å². The average Bonchev–Trinajstić information content (AvgIpc) is 2.90. The maximum atomic E-state index is 11.6. The van der Waals surface area contributed by atoms with Crippen LogP contribution in [0.5, 0.6) is 0 Å². The third kappa shape index (κ3) is 3.61. The largest absolute Gasteiger partial charge is 0.339 e. The molecule has 0 aliphatic heterocycles. The van der Waals surface area contributed by atoms with Crippen molar-refractivity contribution in [1.82, 2.24) is 19.7 Å². The summed E-state index contributed by atoms with van der Waals surface area (Å²) >= 11 is 3.53. The second-order valence-corrected chi connectivity index (χ2v) is 6.67. The Morgan fingerprint density at radius 1 is 1.16 bits per heavy atom. The van der Waals surface area contributed by atoms with Gasteiger partial charge < -0.3 is 5.32 Å². The molecule has 0 fully saturated rings.